The highest BCUT2D eigenvalue weighted by molar-refractivity contribution is 5.95. The van der Waals surface area contributed by atoms with Gasteiger partial charge in [-0.2, -0.15) is 5.10 Å². The van der Waals surface area contributed by atoms with Crippen molar-refractivity contribution in [2.24, 2.45) is 0 Å². The molecule has 1 aliphatic heterocycles. The van der Waals surface area contributed by atoms with Crippen LogP contribution in [0.5, 0.6) is 0 Å². The molecular formula is C15H18N4O2. The van der Waals surface area contributed by atoms with Gasteiger partial charge in [-0.15, -0.1) is 0 Å². The van der Waals surface area contributed by atoms with Crippen molar-refractivity contribution >= 4 is 17.3 Å². The van der Waals surface area contributed by atoms with Gasteiger partial charge in [-0.1, -0.05) is 6.07 Å². The molecule has 0 bridgehead atoms. The standard InChI is InChI=1S/C15H18N4O2/c20-14(18-7-3-1-4-8-18)11-16-15(21)13-10-12-6-2-5-9-19(12)17-13/h2,5-6,9-10H,1,3-4,7-8,11H2,(H,16,21). The lowest BCUT2D eigenvalue weighted by Gasteiger charge is -2.26. The van der Waals surface area contributed by atoms with Crippen molar-refractivity contribution in [1.29, 1.82) is 0 Å². The van der Waals surface area contributed by atoms with E-state index in [2.05, 4.69) is 10.4 Å². The second-order valence-electron chi connectivity index (χ2n) is 5.22. The van der Waals surface area contributed by atoms with E-state index in [1.54, 1.807) is 16.8 Å². The van der Waals surface area contributed by atoms with Gasteiger partial charge < -0.3 is 10.2 Å². The van der Waals surface area contributed by atoms with Crippen LogP contribution in [0.2, 0.25) is 0 Å². The number of likely N-dealkylation sites (tertiary alicyclic amines) is 1. The minimum atomic E-state index is -0.316. The second-order valence-corrected chi connectivity index (χ2v) is 5.22. The number of hydrogen-bond donors (Lipinski definition) is 1. The molecule has 0 radical (unpaired) electrons. The maximum absolute atomic E-state index is 12.0. The van der Waals surface area contributed by atoms with Crippen LogP contribution in [-0.2, 0) is 4.79 Å². The van der Waals surface area contributed by atoms with E-state index < -0.39 is 0 Å². The number of amides is 2. The number of nitrogens with zero attached hydrogens (tertiary/aromatic N) is 3. The molecule has 0 saturated carbocycles. The summed E-state index contributed by atoms with van der Waals surface area (Å²) < 4.78 is 1.64. The van der Waals surface area contributed by atoms with Gasteiger partial charge in [0.25, 0.3) is 5.91 Å². The highest BCUT2D eigenvalue weighted by Crippen LogP contribution is 2.08. The van der Waals surface area contributed by atoms with Gasteiger partial charge in [-0.25, -0.2) is 4.52 Å². The molecule has 6 nitrogen and oxygen atoms in total. The van der Waals surface area contributed by atoms with Gasteiger partial charge >= 0.3 is 0 Å². The number of fused-ring (bicyclic) bond motifs is 1. The number of aromatic nitrogens is 2. The van der Waals surface area contributed by atoms with Crippen molar-refractivity contribution in [1.82, 2.24) is 19.8 Å². The van der Waals surface area contributed by atoms with Crippen LogP contribution >= 0.6 is 0 Å². The molecule has 1 aliphatic rings. The minimum Gasteiger partial charge on any atom is -0.342 e. The number of piperidine rings is 1. The van der Waals surface area contributed by atoms with E-state index in [4.69, 9.17) is 0 Å². The van der Waals surface area contributed by atoms with E-state index in [9.17, 15) is 9.59 Å². The van der Waals surface area contributed by atoms with Crippen LogP contribution < -0.4 is 5.32 Å². The molecule has 0 aliphatic carbocycles. The van der Waals surface area contributed by atoms with Crippen molar-refractivity contribution in [2.45, 2.75) is 19.3 Å². The smallest absolute Gasteiger partial charge is 0.272 e. The van der Waals surface area contributed by atoms with Crippen LogP contribution in [-0.4, -0.2) is 46.0 Å². The third kappa shape index (κ3) is 3.04. The first-order valence-corrected chi connectivity index (χ1v) is 7.24. The average molecular weight is 286 g/mol. The van der Waals surface area contributed by atoms with E-state index in [-0.39, 0.29) is 18.4 Å². The summed E-state index contributed by atoms with van der Waals surface area (Å²) in [5.41, 5.74) is 1.18. The second kappa shape index (κ2) is 5.95. The number of carbonyl (C=O) groups excluding carboxylic acids is 2. The monoisotopic (exact) mass is 286 g/mol. The first-order chi connectivity index (χ1) is 10.2. The summed E-state index contributed by atoms with van der Waals surface area (Å²) in [5.74, 6) is -0.337. The summed E-state index contributed by atoms with van der Waals surface area (Å²) >= 11 is 0. The van der Waals surface area contributed by atoms with Crippen LogP contribution in [0.3, 0.4) is 0 Å². The van der Waals surface area contributed by atoms with Gasteiger partial charge in [-0.05, 0) is 37.5 Å². The van der Waals surface area contributed by atoms with Gasteiger partial charge in [0.1, 0.15) is 0 Å². The summed E-state index contributed by atoms with van der Waals surface area (Å²) in [6, 6.07) is 7.32. The van der Waals surface area contributed by atoms with Crippen LogP contribution in [0.1, 0.15) is 29.8 Å². The van der Waals surface area contributed by atoms with Crippen LogP contribution in [0.15, 0.2) is 30.5 Å². The highest BCUT2D eigenvalue weighted by Gasteiger charge is 2.18. The van der Waals surface area contributed by atoms with Crippen LogP contribution in [0, 0.1) is 0 Å². The molecule has 110 valence electrons. The predicted molar refractivity (Wildman–Crippen MR) is 78.0 cm³/mol. The predicted octanol–water partition coefficient (Wildman–Crippen LogP) is 1.08. The summed E-state index contributed by atoms with van der Waals surface area (Å²) in [7, 11) is 0. The van der Waals surface area contributed by atoms with Crippen molar-refractivity contribution in [3.8, 4) is 0 Å². The molecule has 21 heavy (non-hydrogen) atoms. The first kappa shape index (κ1) is 13.6. The van der Waals surface area contributed by atoms with Crippen molar-refractivity contribution < 1.29 is 9.59 Å². The van der Waals surface area contributed by atoms with Crippen molar-refractivity contribution in [2.75, 3.05) is 19.6 Å². The lowest BCUT2D eigenvalue weighted by atomic mass is 10.1. The van der Waals surface area contributed by atoms with E-state index in [0.29, 0.717) is 5.69 Å². The molecule has 0 spiro atoms. The van der Waals surface area contributed by atoms with Crippen molar-refractivity contribution in [3.63, 3.8) is 0 Å². The molecule has 2 amide bonds. The lowest BCUT2D eigenvalue weighted by molar-refractivity contribution is -0.130. The van der Waals surface area contributed by atoms with Gasteiger partial charge in [0, 0.05) is 19.3 Å². The van der Waals surface area contributed by atoms with E-state index in [1.807, 2.05) is 23.1 Å². The third-order valence-corrected chi connectivity index (χ3v) is 3.71. The largest absolute Gasteiger partial charge is 0.342 e. The van der Waals surface area contributed by atoms with Gasteiger partial charge in [-0.3, -0.25) is 9.59 Å². The number of pyridine rings is 1. The van der Waals surface area contributed by atoms with E-state index in [1.165, 1.54) is 6.42 Å². The summed E-state index contributed by atoms with van der Waals surface area (Å²) in [6.45, 7) is 1.62. The molecule has 3 heterocycles. The van der Waals surface area contributed by atoms with Gasteiger partial charge in [0.2, 0.25) is 5.91 Å². The Bertz CT molecular complexity index is 625. The minimum absolute atomic E-state index is 0.0215. The Labute approximate surface area is 122 Å². The maximum Gasteiger partial charge on any atom is 0.272 e. The lowest BCUT2D eigenvalue weighted by Crippen LogP contribution is -2.42. The average Bonchev–Trinajstić information content (AvgIpc) is 2.97. The number of nitrogens with one attached hydrogen (secondary N) is 1. The van der Waals surface area contributed by atoms with Gasteiger partial charge in [0.05, 0.1) is 12.1 Å². The Morgan fingerprint density at radius 1 is 1.19 bits per heavy atom. The molecule has 1 saturated heterocycles. The molecule has 3 rings (SSSR count). The zero-order valence-corrected chi connectivity index (χ0v) is 11.8. The summed E-state index contributed by atoms with van der Waals surface area (Å²) in [6.07, 6.45) is 5.06. The molecular weight excluding hydrogens is 268 g/mol. The Kier molecular flexibility index (Phi) is 3.85. The molecule has 0 aromatic carbocycles. The topological polar surface area (TPSA) is 66.7 Å². The summed E-state index contributed by atoms with van der Waals surface area (Å²) in [5, 5.41) is 6.83. The Hall–Kier alpha value is -2.37. The first-order valence-electron chi connectivity index (χ1n) is 7.24. The Morgan fingerprint density at radius 2 is 2.00 bits per heavy atom. The fourth-order valence-corrected chi connectivity index (χ4v) is 2.55. The van der Waals surface area contributed by atoms with Crippen molar-refractivity contribution in [3.05, 3.63) is 36.2 Å². The Morgan fingerprint density at radius 3 is 2.76 bits per heavy atom. The SMILES string of the molecule is O=C(NCC(=O)N1CCCCC1)c1cc2ccccn2n1. The molecule has 1 N–H and O–H groups in total. The molecule has 2 aromatic rings. The van der Waals surface area contributed by atoms with E-state index in [0.717, 1.165) is 31.4 Å². The van der Waals surface area contributed by atoms with Crippen LogP contribution in [0.25, 0.3) is 5.52 Å². The molecule has 1 fully saturated rings. The molecule has 0 atom stereocenters. The summed E-state index contributed by atoms with van der Waals surface area (Å²) in [4.78, 5) is 25.8. The molecule has 6 heteroatoms. The van der Waals surface area contributed by atoms with Crippen LogP contribution in [0.4, 0.5) is 0 Å². The fraction of sp³-hybridized carbons (Fsp3) is 0.400. The zero-order chi connectivity index (χ0) is 14.7. The highest BCUT2D eigenvalue weighted by atomic mass is 16.2. The molecule has 2 aromatic heterocycles. The number of carbonyl (C=O) groups is 2. The fourth-order valence-electron chi connectivity index (χ4n) is 2.55. The quantitative estimate of drug-likeness (QED) is 0.918. The maximum atomic E-state index is 12.0. The van der Waals surface area contributed by atoms with E-state index >= 15 is 0 Å². The van der Waals surface area contributed by atoms with Gasteiger partial charge in [0.15, 0.2) is 5.69 Å². The number of hydrogen-bond acceptors (Lipinski definition) is 3. The Balaban J connectivity index is 1.59. The zero-order valence-electron chi connectivity index (χ0n) is 11.8. The molecule has 0 unspecified atom stereocenters. The number of rotatable bonds is 3. The normalized spacial score (nSPS) is 15.1. The third-order valence-electron chi connectivity index (χ3n) is 3.71.